The third kappa shape index (κ3) is 5.38. The average Bonchev–Trinajstić information content (AvgIpc) is 3.41. The van der Waals surface area contributed by atoms with Gasteiger partial charge < -0.3 is 0 Å². The van der Waals surface area contributed by atoms with E-state index < -0.39 is 7.75 Å². The summed E-state index contributed by atoms with van der Waals surface area (Å²) in [6, 6.07) is 10.7. The summed E-state index contributed by atoms with van der Waals surface area (Å²) in [4.78, 5) is 2.45. The molecule has 0 spiro atoms. The van der Waals surface area contributed by atoms with E-state index in [-0.39, 0.29) is 6.04 Å². The van der Waals surface area contributed by atoms with Crippen molar-refractivity contribution in [3.05, 3.63) is 35.9 Å². The van der Waals surface area contributed by atoms with E-state index in [1.54, 1.807) is 0 Å². The van der Waals surface area contributed by atoms with Gasteiger partial charge in [-0.3, -0.25) is 13.9 Å². The Morgan fingerprint density at radius 3 is 2.40 bits per heavy atom. The van der Waals surface area contributed by atoms with Gasteiger partial charge in [-0.2, -0.15) is 0 Å². The molecule has 1 saturated heterocycles. The van der Waals surface area contributed by atoms with Crippen LogP contribution in [0, 0.1) is 11.8 Å². The van der Waals surface area contributed by atoms with E-state index >= 15 is 0 Å². The summed E-state index contributed by atoms with van der Waals surface area (Å²) in [5.74, 6) is 1.34. The van der Waals surface area contributed by atoms with E-state index in [0.717, 1.165) is 32.0 Å². The first-order valence-electron chi connectivity index (χ1n) is 9.56. The molecule has 1 aromatic rings. The predicted molar refractivity (Wildman–Crippen MR) is 100 cm³/mol. The molecule has 2 atom stereocenters. The van der Waals surface area contributed by atoms with Crippen LogP contribution in [-0.2, 0) is 20.2 Å². The maximum atomic E-state index is 13.0. The van der Waals surface area contributed by atoms with Crippen molar-refractivity contribution in [2.75, 3.05) is 26.3 Å². The second-order valence-electron chi connectivity index (χ2n) is 7.08. The molecule has 0 amide bonds. The average molecular weight is 366 g/mol. The molecule has 25 heavy (non-hydrogen) atoms. The number of benzene rings is 1. The van der Waals surface area contributed by atoms with E-state index in [1.807, 2.05) is 19.9 Å². The van der Waals surface area contributed by atoms with Crippen LogP contribution in [0.2, 0.25) is 0 Å². The first-order chi connectivity index (χ1) is 12.1. The molecule has 5 nitrogen and oxygen atoms in total. The van der Waals surface area contributed by atoms with Crippen molar-refractivity contribution in [2.45, 2.75) is 45.7 Å². The SMILES string of the molecule is CCOP(=O)(NC1CN(Cc2ccccc2)CCC1C1CC1)OCC. The lowest BCUT2D eigenvalue weighted by Crippen LogP contribution is -2.50. The van der Waals surface area contributed by atoms with Gasteiger partial charge in [-0.05, 0) is 57.1 Å². The summed E-state index contributed by atoms with van der Waals surface area (Å²) in [6.45, 7) is 7.41. The number of nitrogens with zero attached hydrogens (tertiary/aromatic N) is 1. The normalized spacial score (nSPS) is 25.2. The Labute approximate surface area is 151 Å². The van der Waals surface area contributed by atoms with Crippen molar-refractivity contribution in [1.29, 1.82) is 0 Å². The Balaban J connectivity index is 1.67. The Hall–Kier alpha value is -0.710. The number of likely N-dealkylation sites (tertiary alicyclic amines) is 1. The van der Waals surface area contributed by atoms with Gasteiger partial charge in [-0.25, -0.2) is 9.65 Å². The highest BCUT2D eigenvalue weighted by Crippen LogP contribution is 2.48. The summed E-state index contributed by atoms with van der Waals surface area (Å²) in [6.07, 6.45) is 3.75. The van der Waals surface area contributed by atoms with Crippen LogP contribution in [0.25, 0.3) is 0 Å². The summed E-state index contributed by atoms with van der Waals surface area (Å²) >= 11 is 0. The van der Waals surface area contributed by atoms with Crippen molar-refractivity contribution in [2.24, 2.45) is 11.8 Å². The number of piperidine rings is 1. The third-order valence-corrected chi connectivity index (χ3v) is 6.99. The Morgan fingerprint density at radius 1 is 1.12 bits per heavy atom. The molecule has 0 bridgehead atoms. The van der Waals surface area contributed by atoms with Crippen molar-refractivity contribution in [3.63, 3.8) is 0 Å². The van der Waals surface area contributed by atoms with Crippen LogP contribution in [0.4, 0.5) is 0 Å². The zero-order valence-corrected chi connectivity index (χ0v) is 16.3. The van der Waals surface area contributed by atoms with Crippen LogP contribution in [-0.4, -0.2) is 37.2 Å². The van der Waals surface area contributed by atoms with Crippen molar-refractivity contribution < 1.29 is 13.6 Å². The Bertz CT molecular complexity index is 569. The number of rotatable bonds is 9. The molecule has 0 aromatic heterocycles. The summed E-state index contributed by atoms with van der Waals surface area (Å²) in [7, 11) is -3.22. The highest BCUT2D eigenvalue weighted by atomic mass is 31.2. The van der Waals surface area contributed by atoms with E-state index in [0.29, 0.717) is 19.1 Å². The second-order valence-corrected chi connectivity index (χ2v) is 8.85. The van der Waals surface area contributed by atoms with Crippen molar-refractivity contribution in [3.8, 4) is 0 Å². The Morgan fingerprint density at radius 2 is 1.80 bits per heavy atom. The fourth-order valence-corrected chi connectivity index (χ4v) is 5.49. The molecule has 1 aliphatic heterocycles. The molecule has 3 rings (SSSR count). The minimum atomic E-state index is -3.22. The summed E-state index contributed by atoms with van der Waals surface area (Å²) in [5.41, 5.74) is 1.32. The molecular formula is C19H31N2O3P. The largest absolute Gasteiger partial charge is 0.405 e. The lowest BCUT2D eigenvalue weighted by Gasteiger charge is -2.40. The zero-order valence-electron chi connectivity index (χ0n) is 15.4. The van der Waals surface area contributed by atoms with E-state index in [9.17, 15) is 4.57 Å². The van der Waals surface area contributed by atoms with Gasteiger partial charge in [0.05, 0.1) is 13.2 Å². The molecule has 2 aliphatic rings. The van der Waals surface area contributed by atoms with E-state index in [2.05, 4.69) is 34.3 Å². The number of hydrogen-bond donors (Lipinski definition) is 1. The fraction of sp³-hybridized carbons (Fsp3) is 0.684. The van der Waals surface area contributed by atoms with Gasteiger partial charge in [0, 0.05) is 19.1 Å². The zero-order chi connectivity index (χ0) is 17.7. The van der Waals surface area contributed by atoms with E-state index in [1.165, 1.54) is 18.4 Å². The van der Waals surface area contributed by atoms with Crippen LogP contribution in [0.3, 0.4) is 0 Å². The minimum absolute atomic E-state index is 0.161. The van der Waals surface area contributed by atoms with Gasteiger partial charge in [-0.1, -0.05) is 30.3 Å². The van der Waals surface area contributed by atoms with Crippen LogP contribution in [0.15, 0.2) is 30.3 Å². The molecule has 1 saturated carbocycles. The van der Waals surface area contributed by atoms with Gasteiger partial charge in [0.1, 0.15) is 0 Å². The molecule has 0 radical (unpaired) electrons. The maximum Gasteiger partial charge on any atom is 0.405 e. The van der Waals surface area contributed by atoms with Crippen molar-refractivity contribution in [1.82, 2.24) is 9.99 Å². The molecule has 1 N–H and O–H groups in total. The number of hydrogen-bond acceptors (Lipinski definition) is 4. The molecule has 1 heterocycles. The van der Waals surface area contributed by atoms with Crippen LogP contribution in [0.1, 0.15) is 38.7 Å². The minimum Gasteiger partial charge on any atom is -0.298 e. The van der Waals surface area contributed by atoms with Crippen LogP contribution >= 0.6 is 7.75 Å². The predicted octanol–water partition coefficient (Wildman–Crippen LogP) is 4.06. The van der Waals surface area contributed by atoms with Gasteiger partial charge in [0.2, 0.25) is 0 Å². The molecule has 6 heteroatoms. The first kappa shape index (κ1) is 19.1. The van der Waals surface area contributed by atoms with Gasteiger partial charge in [0.25, 0.3) is 0 Å². The van der Waals surface area contributed by atoms with Crippen LogP contribution < -0.4 is 5.09 Å². The van der Waals surface area contributed by atoms with Gasteiger partial charge in [0.15, 0.2) is 0 Å². The molecule has 1 aromatic carbocycles. The Kier molecular flexibility index (Phi) is 6.70. The molecule has 2 fully saturated rings. The fourth-order valence-electron chi connectivity index (χ4n) is 3.90. The standard InChI is InChI=1S/C19H31N2O3P/c1-3-23-25(22,24-4-2)20-19-15-21(13-12-18(19)17-10-11-17)14-16-8-6-5-7-9-16/h5-9,17-19H,3-4,10-15H2,1-2H3,(H,20,22). The smallest absolute Gasteiger partial charge is 0.298 e. The van der Waals surface area contributed by atoms with Gasteiger partial charge >= 0.3 is 7.75 Å². The monoisotopic (exact) mass is 366 g/mol. The maximum absolute atomic E-state index is 13.0. The number of nitrogens with one attached hydrogen (secondary N) is 1. The highest BCUT2D eigenvalue weighted by Gasteiger charge is 2.42. The lowest BCUT2D eigenvalue weighted by atomic mass is 9.88. The van der Waals surface area contributed by atoms with Crippen molar-refractivity contribution >= 4 is 7.75 Å². The molecule has 2 unspecified atom stereocenters. The third-order valence-electron chi connectivity index (χ3n) is 5.15. The topological polar surface area (TPSA) is 50.8 Å². The molecular weight excluding hydrogens is 335 g/mol. The van der Waals surface area contributed by atoms with Crippen LogP contribution in [0.5, 0.6) is 0 Å². The quantitative estimate of drug-likeness (QED) is 0.668. The first-order valence-corrected chi connectivity index (χ1v) is 11.1. The van der Waals surface area contributed by atoms with Gasteiger partial charge in [-0.15, -0.1) is 0 Å². The summed E-state index contributed by atoms with van der Waals surface area (Å²) < 4.78 is 23.9. The molecule has 140 valence electrons. The summed E-state index contributed by atoms with van der Waals surface area (Å²) in [5, 5.41) is 3.29. The highest BCUT2D eigenvalue weighted by molar-refractivity contribution is 7.51. The lowest BCUT2D eigenvalue weighted by molar-refractivity contribution is 0.121. The van der Waals surface area contributed by atoms with E-state index in [4.69, 9.17) is 9.05 Å². The molecule has 1 aliphatic carbocycles. The second kappa shape index (κ2) is 8.79.